The minimum atomic E-state index is 0.202. The van der Waals surface area contributed by atoms with Crippen LogP contribution in [-0.2, 0) is 11.2 Å². The SMILES string of the molecule is CC(N)Cc1cc(Br)ccc1SC1CCOCC1. The second kappa shape index (κ2) is 6.94. The van der Waals surface area contributed by atoms with Gasteiger partial charge in [-0.15, -0.1) is 11.8 Å². The second-order valence-electron chi connectivity index (χ2n) is 4.86. The summed E-state index contributed by atoms with van der Waals surface area (Å²) in [7, 11) is 0. The van der Waals surface area contributed by atoms with Gasteiger partial charge in [0.1, 0.15) is 0 Å². The van der Waals surface area contributed by atoms with Crippen molar-refractivity contribution in [3.8, 4) is 0 Å². The molecule has 1 saturated heterocycles. The van der Waals surface area contributed by atoms with Gasteiger partial charge in [-0.1, -0.05) is 15.9 Å². The van der Waals surface area contributed by atoms with Gasteiger partial charge >= 0.3 is 0 Å². The predicted molar refractivity (Wildman–Crippen MR) is 81.2 cm³/mol. The van der Waals surface area contributed by atoms with Gasteiger partial charge in [-0.25, -0.2) is 0 Å². The smallest absolute Gasteiger partial charge is 0.0476 e. The van der Waals surface area contributed by atoms with E-state index in [-0.39, 0.29) is 6.04 Å². The lowest BCUT2D eigenvalue weighted by molar-refractivity contribution is 0.1000. The molecule has 2 rings (SSSR count). The quantitative estimate of drug-likeness (QED) is 0.916. The zero-order chi connectivity index (χ0) is 13.0. The van der Waals surface area contributed by atoms with Crippen LogP contribution in [0.25, 0.3) is 0 Å². The lowest BCUT2D eigenvalue weighted by atomic mass is 10.1. The van der Waals surface area contributed by atoms with Crippen LogP contribution in [0, 0.1) is 0 Å². The van der Waals surface area contributed by atoms with Crippen molar-refractivity contribution in [1.82, 2.24) is 0 Å². The van der Waals surface area contributed by atoms with Gasteiger partial charge in [-0.3, -0.25) is 0 Å². The van der Waals surface area contributed by atoms with Crippen LogP contribution in [0.1, 0.15) is 25.3 Å². The van der Waals surface area contributed by atoms with E-state index in [1.54, 1.807) is 0 Å². The van der Waals surface area contributed by atoms with Crippen LogP contribution < -0.4 is 5.73 Å². The molecule has 0 spiro atoms. The minimum Gasteiger partial charge on any atom is -0.381 e. The average molecular weight is 330 g/mol. The van der Waals surface area contributed by atoms with E-state index in [1.165, 1.54) is 10.5 Å². The summed E-state index contributed by atoms with van der Waals surface area (Å²) in [4.78, 5) is 1.38. The molecule has 2 nitrogen and oxygen atoms in total. The van der Waals surface area contributed by atoms with E-state index < -0.39 is 0 Å². The normalized spacial score (nSPS) is 18.8. The molecule has 1 aromatic rings. The molecule has 1 fully saturated rings. The maximum absolute atomic E-state index is 5.93. The van der Waals surface area contributed by atoms with Crippen molar-refractivity contribution in [3.05, 3.63) is 28.2 Å². The van der Waals surface area contributed by atoms with Crippen molar-refractivity contribution in [2.45, 2.75) is 42.4 Å². The monoisotopic (exact) mass is 329 g/mol. The molecule has 0 saturated carbocycles. The number of hydrogen-bond donors (Lipinski definition) is 1. The molecule has 0 aliphatic carbocycles. The molecule has 0 amide bonds. The molecule has 18 heavy (non-hydrogen) atoms. The molecule has 1 aliphatic rings. The Labute approximate surface area is 122 Å². The zero-order valence-corrected chi connectivity index (χ0v) is 13.1. The summed E-state index contributed by atoms with van der Waals surface area (Å²) in [6, 6.07) is 6.73. The topological polar surface area (TPSA) is 35.2 Å². The van der Waals surface area contributed by atoms with E-state index in [1.807, 2.05) is 11.8 Å². The molecular weight excluding hydrogens is 310 g/mol. The second-order valence-corrected chi connectivity index (χ2v) is 7.12. The maximum Gasteiger partial charge on any atom is 0.0476 e. The van der Waals surface area contributed by atoms with Crippen molar-refractivity contribution in [2.24, 2.45) is 5.73 Å². The number of hydrogen-bond acceptors (Lipinski definition) is 3. The molecule has 4 heteroatoms. The molecule has 100 valence electrons. The number of ether oxygens (including phenoxy) is 1. The fourth-order valence-electron chi connectivity index (χ4n) is 2.14. The van der Waals surface area contributed by atoms with Gasteiger partial charge in [0.05, 0.1) is 0 Å². The number of rotatable bonds is 4. The summed E-state index contributed by atoms with van der Waals surface area (Å²) >= 11 is 5.53. The highest BCUT2D eigenvalue weighted by Gasteiger charge is 2.17. The standard InChI is InChI=1S/C14H20BrNOS/c1-10(16)8-11-9-12(15)2-3-14(11)18-13-4-6-17-7-5-13/h2-3,9-10,13H,4-8,16H2,1H3. The average Bonchev–Trinajstić information content (AvgIpc) is 2.33. The first-order valence-electron chi connectivity index (χ1n) is 6.43. The first-order valence-corrected chi connectivity index (χ1v) is 8.11. The molecule has 1 aromatic carbocycles. The Morgan fingerprint density at radius 1 is 1.44 bits per heavy atom. The number of thioether (sulfide) groups is 1. The Kier molecular flexibility index (Phi) is 5.55. The van der Waals surface area contributed by atoms with Crippen LogP contribution in [0.15, 0.2) is 27.6 Å². The summed E-state index contributed by atoms with van der Waals surface area (Å²) in [5.41, 5.74) is 7.29. The Morgan fingerprint density at radius 2 is 2.17 bits per heavy atom. The van der Waals surface area contributed by atoms with Gasteiger partial charge in [-0.2, -0.15) is 0 Å². The number of halogens is 1. The highest BCUT2D eigenvalue weighted by Crippen LogP contribution is 2.33. The molecule has 0 radical (unpaired) electrons. The summed E-state index contributed by atoms with van der Waals surface area (Å²) in [5, 5.41) is 0.687. The van der Waals surface area contributed by atoms with Crippen molar-refractivity contribution in [2.75, 3.05) is 13.2 Å². The molecule has 1 unspecified atom stereocenters. The first-order chi connectivity index (χ1) is 8.65. The lowest BCUT2D eigenvalue weighted by Crippen LogP contribution is -2.19. The summed E-state index contributed by atoms with van der Waals surface area (Å²) in [6.07, 6.45) is 3.24. The van der Waals surface area contributed by atoms with Crippen LogP contribution in [0.2, 0.25) is 0 Å². The maximum atomic E-state index is 5.93. The lowest BCUT2D eigenvalue weighted by Gasteiger charge is -2.23. The summed E-state index contributed by atoms with van der Waals surface area (Å²) < 4.78 is 6.54. The zero-order valence-electron chi connectivity index (χ0n) is 10.7. The fourth-order valence-corrected chi connectivity index (χ4v) is 3.78. The van der Waals surface area contributed by atoms with Gasteiger partial charge < -0.3 is 10.5 Å². The van der Waals surface area contributed by atoms with E-state index in [2.05, 4.69) is 41.1 Å². The molecule has 2 N–H and O–H groups in total. The largest absolute Gasteiger partial charge is 0.381 e. The Morgan fingerprint density at radius 3 is 2.83 bits per heavy atom. The van der Waals surface area contributed by atoms with Gasteiger partial charge in [0.2, 0.25) is 0 Å². The van der Waals surface area contributed by atoms with Crippen LogP contribution in [0.3, 0.4) is 0 Å². The van der Waals surface area contributed by atoms with Crippen LogP contribution in [-0.4, -0.2) is 24.5 Å². The Bertz CT molecular complexity index is 391. The van der Waals surface area contributed by atoms with Crippen LogP contribution >= 0.6 is 27.7 Å². The highest BCUT2D eigenvalue weighted by molar-refractivity contribution is 9.10. The van der Waals surface area contributed by atoms with Gasteiger partial charge in [-0.05, 0) is 49.9 Å². The Balaban J connectivity index is 2.09. The minimum absolute atomic E-state index is 0.202. The Hall–Kier alpha value is -0.0300. The molecular formula is C14H20BrNOS. The van der Waals surface area contributed by atoms with E-state index >= 15 is 0 Å². The third kappa shape index (κ3) is 4.26. The van der Waals surface area contributed by atoms with Crippen molar-refractivity contribution in [1.29, 1.82) is 0 Å². The molecule has 0 bridgehead atoms. The summed E-state index contributed by atoms with van der Waals surface area (Å²) in [5.74, 6) is 0. The molecule has 1 heterocycles. The molecule has 0 aromatic heterocycles. The van der Waals surface area contributed by atoms with Gasteiger partial charge in [0.15, 0.2) is 0 Å². The third-order valence-electron chi connectivity index (χ3n) is 3.03. The predicted octanol–water partition coefficient (Wildman–Crippen LogP) is 3.61. The van der Waals surface area contributed by atoms with Crippen LogP contribution in [0.5, 0.6) is 0 Å². The third-order valence-corrected chi connectivity index (χ3v) is 4.98. The first kappa shape index (κ1) is 14.4. The number of benzene rings is 1. The van der Waals surface area contributed by atoms with Gasteiger partial charge in [0.25, 0.3) is 0 Å². The number of nitrogens with two attached hydrogens (primary N) is 1. The molecule has 1 atom stereocenters. The van der Waals surface area contributed by atoms with Gasteiger partial charge in [0, 0.05) is 33.9 Å². The van der Waals surface area contributed by atoms with Crippen molar-refractivity contribution < 1.29 is 4.74 Å². The van der Waals surface area contributed by atoms with E-state index in [0.29, 0.717) is 5.25 Å². The van der Waals surface area contributed by atoms with Crippen LogP contribution in [0.4, 0.5) is 0 Å². The van der Waals surface area contributed by atoms with E-state index in [0.717, 1.165) is 36.9 Å². The summed E-state index contributed by atoms with van der Waals surface area (Å²) in [6.45, 7) is 3.86. The highest BCUT2D eigenvalue weighted by atomic mass is 79.9. The van der Waals surface area contributed by atoms with E-state index in [9.17, 15) is 0 Å². The van der Waals surface area contributed by atoms with E-state index in [4.69, 9.17) is 10.5 Å². The molecule has 1 aliphatic heterocycles. The van der Waals surface area contributed by atoms with Crippen molar-refractivity contribution in [3.63, 3.8) is 0 Å². The fraction of sp³-hybridized carbons (Fsp3) is 0.571. The van der Waals surface area contributed by atoms with Crippen molar-refractivity contribution >= 4 is 27.7 Å².